The molecule has 0 bridgehead atoms. The van der Waals surface area contributed by atoms with Crippen molar-refractivity contribution in [1.82, 2.24) is 10.3 Å². The number of hydrogen-bond acceptors (Lipinski definition) is 4. The topological polar surface area (TPSA) is 63.2 Å². The van der Waals surface area contributed by atoms with Gasteiger partial charge in [-0.1, -0.05) is 0 Å². The molecular weight excluding hydrogens is 254 g/mol. The maximum absolute atomic E-state index is 12.4. The van der Waals surface area contributed by atoms with Gasteiger partial charge in [-0.2, -0.15) is 0 Å². The summed E-state index contributed by atoms with van der Waals surface area (Å²) in [4.78, 5) is 16.7. The second kappa shape index (κ2) is 5.79. The molecule has 2 atom stereocenters. The highest BCUT2D eigenvalue weighted by molar-refractivity contribution is 5.98. The smallest absolute Gasteiger partial charge is 0.255 e. The van der Waals surface area contributed by atoms with E-state index in [-0.39, 0.29) is 18.1 Å². The summed E-state index contributed by atoms with van der Waals surface area (Å²) in [6.07, 6.45) is 5.27. The molecule has 1 saturated carbocycles. The van der Waals surface area contributed by atoms with E-state index in [0.717, 1.165) is 19.6 Å². The summed E-state index contributed by atoms with van der Waals surface area (Å²) in [5, 5.41) is 6.25. The van der Waals surface area contributed by atoms with Gasteiger partial charge in [-0.15, -0.1) is 0 Å². The van der Waals surface area contributed by atoms with Crippen LogP contribution < -0.4 is 10.6 Å². The number of nitrogens with one attached hydrogen (secondary N) is 2. The van der Waals surface area contributed by atoms with Crippen LogP contribution in [0.25, 0.3) is 0 Å². The summed E-state index contributed by atoms with van der Waals surface area (Å²) < 4.78 is 5.76. The maximum Gasteiger partial charge on any atom is 0.255 e. The minimum Gasteiger partial charge on any atom is -0.376 e. The van der Waals surface area contributed by atoms with Gasteiger partial charge in [0, 0.05) is 19.3 Å². The number of pyridine rings is 1. The third-order valence-electron chi connectivity index (χ3n) is 3.94. The number of aromatic nitrogens is 1. The molecule has 0 spiro atoms. The van der Waals surface area contributed by atoms with Crippen LogP contribution in [0.5, 0.6) is 0 Å². The monoisotopic (exact) mass is 275 g/mol. The Balaban J connectivity index is 1.69. The fourth-order valence-corrected chi connectivity index (χ4v) is 2.80. The first-order valence-corrected chi connectivity index (χ1v) is 7.41. The molecule has 1 saturated heterocycles. The summed E-state index contributed by atoms with van der Waals surface area (Å²) in [7, 11) is 0. The first kappa shape index (κ1) is 13.4. The Morgan fingerprint density at radius 2 is 2.30 bits per heavy atom. The standard InChI is InChI=1S/C15H21N3O2/c1-2-16-14-11(4-3-8-17-14)15(19)18-12-7-9-20-13(12)10-5-6-10/h3-4,8,10,12-13H,2,5-7,9H2,1H3,(H,16,17)(H,18,19). The van der Waals surface area contributed by atoms with E-state index in [1.54, 1.807) is 12.3 Å². The molecule has 1 aliphatic heterocycles. The fraction of sp³-hybridized carbons (Fsp3) is 0.600. The van der Waals surface area contributed by atoms with Crippen molar-refractivity contribution in [2.24, 2.45) is 5.92 Å². The van der Waals surface area contributed by atoms with Crippen LogP contribution in [-0.2, 0) is 4.74 Å². The lowest BCUT2D eigenvalue weighted by Crippen LogP contribution is -2.41. The van der Waals surface area contributed by atoms with E-state index in [0.29, 0.717) is 17.3 Å². The summed E-state index contributed by atoms with van der Waals surface area (Å²) in [5.74, 6) is 1.23. The molecule has 108 valence electrons. The molecule has 1 amide bonds. The van der Waals surface area contributed by atoms with Crippen molar-refractivity contribution >= 4 is 11.7 Å². The van der Waals surface area contributed by atoms with Gasteiger partial charge in [0.1, 0.15) is 5.82 Å². The van der Waals surface area contributed by atoms with Gasteiger partial charge in [0.15, 0.2) is 0 Å². The van der Waals surface area contributed by atoms with Crippen molar-refractivity contribution in [3.63, 3.8) is 0 Å². The summed E-state index contributed by atoms with van der Waals surface area (Å²) in [5.41, 5.74) is 0.607. The van der Waals surface area contributed by atoms with Crippen molar-refractivity contribution in [1.29, 1.82) is 0 Å². The molecule has 2 aliphatic rings. The molecule has 0 aromatic carbocycles. The van der Waals surface area contributed by atoms with E-state index < -0.39 is 0 Å². The second-order valence-electron chi connectivity index (χ2n) is 5.47. The first-order valence-electron chi connectivity index (χ1n) is 7.41. The molecule has 2 heterocycles. The lowest BCUT2D eigenvalue weighted by Gasteiger charge is -2.20. The van der Waals surface area contributed by atoms with E-state index in [1.807, 2.05) is 13.0 Å². The van der Waals surface area contributed by atoms with Gasteiger partial charge in [-0.05, 0) is 44.2 Å². The molecule has 2 N–H and O–H groups in total. The van der Waals surface area contributed by atoms with E-state index in [4.69, 9.17) is 4.74 Å². The van der Waals surface area contributed by atoms with E-state index in [1.165, 1.54) is 12.8 Å². The summed E-state index contributed by atoms with van der Waals surface area (Å²) in [6.45, 7) is 3.48. The Hall–Kier alpha value is -1.62. The summed E-state index contributed by atoms with van der Waals surface area (Å²) in [6, 6.07) is 3.74. The highest BCUT2D eigenvalue weighted by atomic mass is 16.5. The van der Waals surface area contributed by atoms with Gasteiger partial charge in [-0.25, -0.2) is 4.98 Å². The third-order valence-corrected chi connectivity index (χ3v) is 3.94. The normalized spacial score (nSPS) is 25.4. The van der Waals surface area contributed by atoms with Crippen LogP contribution >= 0.6 is 0 Å². The molecule has 2 unspecified atom stereocenters. The van der Waals surface area contributed by atoms with Crippen LogP contribution in [0, 0.1) is 5.92 Å². The average molecular weight is 275 g/mol. The number of rotatable bonds is 5. The average Bonchev–Trinajstić information content (AvgIpc) is 3.20. The predicted octanol–water partition coefficient (Wildman–Crippen LogP) is 1.81. The van der Waals surface area contributed by atoms with Crippen LogP contribution in [-0.4, -0.2) is 36.2 Å². The zero-order chi connectivity index (χ0) is 13.9. The van der Waals surface area contributed by atoms with Gasteiger partial charge >= 0.3 is 0 Å². The predicted molar refractivity (Wildman–Crippen MR) is 76.7 cm³/mol. The zero-order valence-corrected chi connectivity index (χ0v) is 11.8. The Kier molecular flexibility index (Phi) is 3.87. The Bertz CT molecular complexity index is 488. The number of amides is 1. The van der Waals surface area contributed by atoms with Crippen molar-refractivity contribution in [3.8, 4) is 0 Å². The Morgan fingerprint density at radius 3 is 3.05 bits per heavy atom. The molecule has 1 aromatic heterocycles. The fourth-order valence-electron chi connectivity index (χ4n) is 2.80. The Morgan fingerprint density at radius 1 is 1.45 bits per heavy atom. The van der Waals surface area contributed by atoms with Gasteiger partial charge in [0.2, 0.25) is 0 Å². The molecular formula is C15H21N3O2. The number of carbonyl (C=O) groups is 1. The Labute approximate surface area is 119 Å². The summed E-state index contributed by atoms with van der Waals surface area (Å²) >= 11 is 0. The highest BCUT2D eigenvalue weighted by Crippen LogP contribution is 2.38. The molecule has 20 heavy (non-hydrogen) atoms. The van der Waals surface area contributed by atoms with Crippen LogP contribution in [0.3, 0.4) is 0 Å². The lowest BCUT2D eigenvalue weighted by molar-refractivity contribution is 0.0730. The van der Waals surface area contributed by atoms with Gasteiger partial charge < -0.3 is 15.4 Å². The van der Waals surface area contributed by atoms with Crippen LogP contribution in [0.15, 0.2) is 18.3 Å². The molecule has 0 radical (unpaired) electrons. The molecule has 1 aromatic rings. The molecule has 1 aliphatic carbocycles. The lowest BCUT2D eigenvalue weighted by atomic mass is 10.1. The SMILES string of the molecule is CCNc1ncccc1C(=O)NC1CCOC1C1CC1. The minimum atomic E-state index is -0.0600. The number of carbonyl (C=O) groups excluding carboxylic acids is 1. The van der Waals surface area contributed by atoms with Gasteiger partial charge in [0.25, 0.3) is 5.91 Å². The molecule has 3 rings (SSSR count). The molecule has 5 nitrogen and oxygen atoms in total. The van der Waals surface area contributed by atoms with Crippen LogP contribution in [0.2, 0.25) is 0 Å². The number of anilines is 1. The third kappa shape index (κ3) is 2.77. The molecule has 5 heteroatoms. The van der Waals surface area contributed by atoms with Crippen molar-refractivity contribution < 1.29 is 9.53 Å². The van der Waals surface area contributed by atoms with Crippen LogP contribution in [0.1, 0.15) is 36.5 Å². The van der Waals surface area contributed by atoms with E-state index in [9.17, 15) is 4.79 Å². The van der Waals surface area contributed by atoms with Gasteiger partial charge in [-0.3, -0.25) is 4.79 Å². The zero-order valence-electron chi connectivity index (χ0n) is 11.8. The van der Waals surface area contributed by atoms with E-state index in [2.05, 4.69) is 15.6 Å². The van der Waals surface area contributed by atoms with Crippen LogP contribution in [0.4, 0.5) is 5.82 Å². The maximum atomic E-state index is 12.4. The number of nitrogens with zero attached hydrogens (tertiary/aromatic N) is 1. The largest absolute Gasteiger partial charge is 0.376 e. The second-order valence-corrected chi connectivity index (χ2v) is 5.47. The first-order chi connectivity index (χ1) is 9.79. The van der Waals surface area contributed by atoms with E-state index >= 15 is 0 Å². The molecule has 2 fully saturated rings. The number of ether oxygens (including phenoxy) is 1. The van der Waals surface area contributed by atoms with Crippen molar-refractivity contribution in [2.75, 3.05) is 18.5 Å². The number of hydrogen-bond donors (Lipinski definition) is 2. The minimum absolute atomic E-state index is 0.0600. The van der Waals surface area contributed by atoms with Gasteiger partial charge in [0.05, 0.1) is 17.7 Å². The van der Waals surface area contributed by atoms with Crippen molar-refractivity contribution in [2.45, 2.75) is 38.3 Å². The quantitative estimate of drug-likeness (QED) is 0.860. The highest BCUT2D eigenvalue weighted by Gasteiger charge is 2.41. The van der Waals surface area contributed by atoms with Crippen molar-refractivity contribution in [3.05, 3.63) is 23.9 Å².